The predicted octanol–water partition coefficient (Wildman–Crippen LogP) is 2.21. The number of aliphatic imine (C=N–C) groups is 1. The normalized spacial score (nSPS) is 13.8. The van der Waals surface area contributed by atoms with E-state index in [4.69, 9.17) is 4.74 Å². The molecule has 0 heterocycles. The summed E-state index contributed by atoms with van der Waals surface area (Å²) in [6, 6.07) is -0.0160. The molecule has 8 nitrogen and oxygen atoms in total. The molecule has 0 aliphatic rings. The van der Waals surface area contributed by atoms with Crippen molar-refractivity contribution in [2.24, 2.45) is 16.3 Å². The Morgan fingerprint density at radius 2 is 1.71 bits per heavy atom. The van der Waals surface area contributed by atoms with Crippen molar-refractivity contribution in [1.82, 2.24) is 20.9 Å². The van der Waals surface area contributed by atoms with Crippen LogP contribution in [0.3, 0.4) is 0 Å². The molecule has 3 N–H and O–H groups in total. The van der Waals surface area contributed by atoms with Crippen molar-refractivity contribution < 1.29 is 14.3 Å². The molecule has 1 atom stereocenters. The largest absolute Gasteiger partial charge is 0.444 e. The van der Waals surface area contributed by atoms with Crippen LogP contribution in [0.1, 0.15) is 54.9 Å². The van der Waals surface area contributed by atoms with Gasteiger partial charge in [0.1, 0.15) is 5.60 Å². The van der Waals surface area contributed by atoms with Gasteiger partial charge in [0.15, 0.2) is 5.96 Å². The Kier molecular flexibility index (Phi) is 10.3. The highest BCUT2D eigenvalue weighted by atomic mass is 16.6. The third-order valence-corrected chi connectivity index (χ3v) is 4.39. The molecule has 0 aromatic rings. The first-order valence-corrected chi connectivity index (χ1v) is 9.87. The van der Waals surface area contributed by atoms with E-state index in [2.05, 4.69) is 34.8 Å². The fourth-order valence-electron chi connectivity index (χ4n) is 2.57. The average Bonchev–Trinajstić information content (AvgIpc) is 2.56. The zero-order valence-corrected chi connectivity index (χ0v) is 19.4. The van der Waals surface area contributed by atoms with Gasteiger partial charge in [-0.25, -0.2) is 4.79 Å². The van der Waals surface area contributed by atoms with E-state index in [0.717, 1.165) is 6.42 Å². The molecule has 0 spiro atoms. The maximum atomic E-state index is 12.1. The van der Waals surface area contributed by atoms with Crippen molar-refractivity contribution in [2.75, 3.05) is 34.2 Å². The van der Waals surface area contributed by atoms with Crippen LogP contribution in [0.25, 0.3) is 0 Å². The first kappa shape index (κ1) is 26.0. The monoisotopic (exact) mass is 399 g/mol. The number of nitrogens with zero attached hydrogens (tertiary/aromatic N) is 2. The van der Waals surface area contributed by atoms with E-state index < -0.39 is 17.1 Å². The van der Waals surface area contributed by atoms with Crippen LogP contribution in [0.4, 0.5) is 4.79 Å². The van der Waals surface area contributed by atoms with Crippen LogP contribution in [0.5, 0.6) is 0 Å². The second-order valence-electron chi connectivity index (χ2n) is 9.07. The summed E-state index contributed by atoms with van der Waals surface area (Å²) < 4.78 is 5.37. The van der Waals surface area contributed by atoms with Crippen molar-refractivity contribution in [3.8, 4) is 0 Å². The quantitative estimate of drug-likeness (QED) is 0.430. The summed E-state index contributed by atoms with van der Waals surface area (Å²) in [5, 5.41) is 8.89. The Morgan fingerprint density at radius 3 is 2.14 bits per heavy atom. The summed E-state index contributed by atoms with van der Waals surface area (Å²) >= 11 is 0. The maximum Gasteiger partial charge on any atom is 0.407 e. The molecule has 2 amide bonds. The molecule has 8 heteroatoms. The van der Waals surface area contributed by atoms with Crippen LogP contribution >= 0.6 is 0 Å². The van der Waals surface area contributed by atoms with E-state index in [0.29, 0.717) is 19.0 Å². The van der Waals surface area contributed by atoms with Gasteiger partial charge in [0, 0.05) is 40.3 Å². The fraction of sp³-hybridized carbons (Fsp3) is 0.850. The van der Waals surface area contributed by atoms with Gasteiger partial charge in [-0.05, 0) is 47.0 Å². The number of rotatable bonds is 8. The van der Waals surface area contributed by atoms with Crippen molar-refractivity contribution in [3.63, 3.8) is 0 Å². The molecule has 0 bridgehead atoms. The van der Waals surface area contributed by atoms with Gasteiger partial charge in [-0.2, -0.15) is 0 Å². The van der Waals surface area contributed by atoms with E-state index in [1.807, 2.05) is 46.6 Å². The van der Waals surface area contributed by atoms with Crippen LogP contribution in [0.15, 0.2) is 4.99 Å². The number of carbonyl (C=O) groups excluding carboxylic acids is 2. The van der Waals surface area contributed by atoms with E-state index in [1.54, 1.807) is 14.1 Å². The standard InChI is InChI=1S/C20H41N5O3/c1-14(2)15(24-18(27)28-19(3,4)5)11-12-25(10)17(22-9)23-13-20(6,7)16(26)21-8/h14-15H,11-13H2,1-10H3,(H,21,26)(H,22,23)(H,24,27). The third kappa shape index (κ3) is 9.80. The molecule has 0 saturated heterocycles. The Hall–Kier alpha value is -1.99. The Bertz CT molecular complexity index is 538. The summed E-state index contributed by atoms with van der Waals surface area (Å²) in [6.07, 6.45) is 0.344. The lowest BCUT2D eigenvalue weighted by Gasteiger charge is -2.30. The van der Waals surface area contributed by atoms with Gasteiger partial charge in [0.25, 0.3) is 0 Å². The van der Waals surface area contributed by atoms with Crippen molar-refractivity contribution in [3.05, 3.63) is 0 Å². The number of nitrogens with one attached hydrogen (secondary N) is 3. The van der Waals surface area contributed by atoms with Gasteiger partial charge < -0.3 is 25.6 Å². The summed E-state index contributed by atoms with van der Waals surface area (Å²) in [6.45, 7) is 14.6. The molecule has 0 aliphatic heterocycles. The van der Waals surface area contributed by atoms with Crippen molar-refractivity contribution in [1.29, 1.82) is 0 Å². The lowest BCUT2D eigenvalue weighted by atomic mass is 9.92. The minimum Gasteiger partial charge on any atom is -0.444 e. The summed E-state index contributed by atoms with van der Waals surface area (Å²) in [5.74, 6) is 0.944. The van der Waals surface area contributed by atoms with Gasteiger partial charge in [0.2, 0.25) is 5.91 Å². The van der Waals surface area contributed by atoms with Gasteiger partial charge in [-0.3, -0.25) is 9.79 Å². The van der Waals surface area contributed by atoms with Crippen LogP contribution < -0.4 is 16.0 Å². The van der Waals surface area contributed by atoms with E-state index in [-0.39, 0.29) is 17.9 Å². The fourth-order valence-corrected chi connectivity index (χ4v) is 2.57. The van der Waals surface area contributed by atoms with Gasteiger partial charge >= 0.3 is 6.09 Å². The zero-order valence-electron chi connectivity index (χ0n) is 19.4. The molecule has 0 aromatic heterocycles. The van der Waals surface area contributed by atoms with Crippen LogP contribution in [-0.2, 0) is 9.53 Å². The van der Waals surface area contributed by atoms with Crippen molar-refractivity contribution in [2.45, 2.75) is 66.5 Å². The molecule has 0 saturated carbocycles. The summed E-state index contributed by atoms with van der Waals surface area (Å²) in [7, 11) is 5.28. The van der Waals surface area contributed by atoms with Gasteiger partial charge in [-0.1, -0.05) is 13.8 Å². The number of ether oxygens (including phenoxy) is 1. The lowest BCUT2D eigenvalue weighted by molar-refractivity contribution is -0.128. The summed E-state index contributed by atoms with van der Waals surface area (Å²) in [5.41, 5.74) is -1.07. The number of carbonyl (C=O) groups is 2. The minimum absolute atomic E-state index is 0.0160. The Labute approximate surface area is 170 Å². The number of amides is 2. The number of hydrogen-bond acceptors (Lipinski definition) is 4. The molecule has 0 fully saturated rings. The molecular weight excluding hydrogens is 358 g/mol. The van der Waals surface area contributed by atoms with Crippen molar-refractivity contribution >= 4 is 18.0 Å². The third-order valence-electron chi connectivity index (χ3n) is 4.39. The van der Waals surface area contributed by atoms with E-state index >= 15 is 0 Å². The zero-order chi connectivity index (χ0) is 22.1. The molecule has 0 rings (SSSR count). The number of alkyl carbamates (subject to hydrolysis) is 1. The molecule has 28 heavy (non-hydrogen) atoms. The minimum atomic E-state index is -0.551. The molecule has 1 unspecified atom stereocenters. The highest BCUT2D eigenvalue weighted by Crippen LogP contribution is 2.14. The topological polar surface area (TPSA) is 95.1 Å². The first-order chi connectivity index (χ1) is 12.7. The molecule has 0 aromatic carbocycles. The average molecular weight is 400 g/mol. The van der Waals surface area contributed by atoms with Gasteiger partial charge in [-0.15, -0.1) is 0 Å². The summed E-state index contributed by atoms with van der Waals surface area (Å²) in [4.78, 5) is 30.3. The van der Waals surface area contributed by atoms with Crippen LogP contribution in [0.2, 0.25) is 0 Å². The number of guanidine groups is 1. The maximum absolute atomic E-state index is 12.1. The molecule has 0 aliphatic carbocycles. The molecule has 0 radical (unpaired) electrons. The Morgan fingerprint density at radius 1 is 1.14 bits per heavy atom. The highest BCUT2D eigenvalue weighted by Gasteiger charge is 2.27. The molecular formula is C20H41N5O3. The second kappa shape index (κ2) is 11.1. The predicted molar refractivity (Wildman–Crippen MR) is 114 cm³/mol. The smallest absolute Gasteiger partial charge is 0.407 e. The second-order valence-corrected chi connectivity index (χ2v) is 9.07. The lowest BCUT2D eigenvalue weighted by Crippen LogP contribution is -2.49. The van der Waals surface area contributed by atoms with Gasteiger partial charge in [0.05, 0.1) is 5.41 Å². The van der Waals surface area contributed by atoms with Crippen LogP contribution in [0, 0.1) is 11.3 Å². The van der Waals surface area contributed by atoms with E-state index in [1.165, 1.54) is 0 Å². The molecule has 164 valence electrons. The number of hydrogen-bond donors (Lipinski definition) is 3. The highest BCUT2D eigenvalue weighted by molar-refractivity contribution is 5.84. The van der Waals surface area contributed by atoms with E-state index in [9.17, 15) is 9.59 Å². The van der Waals surface area contributed by atoms with Crippen LogP contribution in [-0.4, -0.2) is 68.7 Å². The Balaban J connectivity index is 4.76. The SMILES string of the molecule is CN=C(NCC(C)(C)C(=O)NC)N(C)CCC(NC(=O)OC(C)(C)C)C(C)C. The first-order valence-electron chi connectivity index (χ1n) is 9.87.